The Morgan fingerprint density at radius 2 is 2.33 bits per heavy atom. The minimum absolute atomic E-state index is 0.639. The van der Waals surface area contributed by atoms with E-state index >= 15 is 0 Å². The van der Waals surface area contributed by atoms with Gasteiger partial charge in [0.2, 0.25) is 0 Å². The summed E-state index contributed by atoms with van der Waals surface area (Å²) in [4.78, 5) is 7.81. The molecule has 3 nitrogen and oxygen atoms in total. The quantitative estimate of drug-likeness (QED) is 0.722. The SMILES string of the molecule is CCN(CCNCc1cncs1)C(C)C. The highest BCUT2D eigenvalue weighted by molar-refractivity contribution is 7.09. The van der Waals surface area contributed by atoms with Crippen LogP contribution in [0.15, 0.2) is 11.7 Å². The molecule has 0 unspecified atom stereocenters. The summed E-state index contributed by atoms with van der Waals surface area (Å²) in [6.07, 6.45) is 1.93. The van der Waals surface area contributed by atoms with Gasteiger partial charge in [0.15, 0.2) is 0 Å². The Morgan fingerprint density at radius 3 is 2.87 bits per heavy atom. The van der Waals surface area contributed by atoms with Gasteiger partial charge in [-0.15, -0.1) is 11.3 Å². The third-order valence-corrected chi connectivity index (χ3v) is 3.27. The van der Waals surface area contributed by atoms with Crippen molar-refractivity contribution >= 4 is 11.3 Å². The lowest BCUT2D eigenvalue weighted by Gasteiger charge is -2.24. The molecule has 0 spiro atoms. The molecule has 0 aliphatic rings. The molecule has 0 amide bonds. The Labute approximate surface area is 96.5 Å². The first kappa shape index (κ1) is 12.6. The van der Waals surface area contributed by atoms with E-state index in [1.807, 2.05) is 11.7 Å². The van der Waals surface area contributed by atoms with Crippen molar-refractivity contribution in [2.45, 2.75) is 33.4 Å². The molecule has 1 aromatic heterocycles. The molecule has 1 aromatic rings. The van der Waals surface area contributed by atoms with Crippen LogP contribution in [0, 0.1) is 0 Å². The Hall–Kier alpha value is -0.450. The van der Waals surface area contributed by atoms with Crippen LogP contribution in [0.2, 0.25) is 0 Å². The zero-order chi connectivity index (χ0) is 11.1. The molecule has 1 heterocycles. The summed E-state index contributed by atoms with van der Waals surface area (Å²) in [5, 5.41) is 3.44. The lowest BCUT2D eigenvalue weighted by molar-refractivity contribution is 0.234. The molecule has 0 radical (unpaired) electrons. The van der Waals surface area contributed by atoms with E-state index in [2.05, 4.69) is 36.0 Å². The summed E-state index contributed by atoms with van der Waals surface area (Å²) in [6, 6.07) is 0.639. The number of nitrogens with zero attached hydrogens (tertiary/aromatic N) is 2. The van der Waals surface area contributed by atoms with Crippen molar-refractivity contribution in [3.63, 3.8) is 0 Å². The predicted octanol–water partition coefficient (Wildman–Crippen LogP) is 1.96. The van der Waals surface area contributed by atoms with Crippen LogP contribution >= 0.6 is 11.3 Å². The van der Waals surface area contributed by atoms with Crippen molar-refractivity contribution in [1.29, 1.82) is 0 Å². The minimum atomic E-state index is 0.639. The maximum absolute atomic E-state index is 4.05. The van der Waals surface area contributed by atoms with E-state index in [1.165, 1.54) is 4.88 Å². The van der Waals surface area contributed by atoms with Crippen molar-refractivity contribution in [1.82, 2.24) is 15.2 Å². The first-order valence-corrected chi connectivity index (χ1v) is 6.44. The van der Waals surface area contributed by atoms with Gasteiger partial charge in [0.05, 0.1) is 5.51 Å². The molecule has 0 aliphatic heterocycles. The largest absolute Gasteiger partial charge is 0.311 e. The van der Waals surface area contributed by atoms with Crippen molar-refractivity contribution in [2.75, 3.05) is 19.6 Å². The van der Waals surface area contributed by atoms with Gasteiger partial charge in [0, 0.05) is 36.8 Å². The highest BCUT2D eigenvalue weighted by Gasteiger charge is 2.05. The zero-order valence-corrected chi connectivity index (χ0v) is 10.7. The van der Waals surface area contributed by atoms with Gasteiger partial charge in [-0.2, -0.15) is 0 Å². The summed E-state index contributed by atoms with van der Waals surface area (Å²) in [7, 11) is 0. The van der Waals surface area contributed by atoms with E-state index in [-0.39, 0.29) is 0 Å². The summed E-state index contributed by atoms with van der Waals surface area (Å²) in [5.74, 6) is 0. The third-order valence-electron chi connectivity index (χ3n) is 2.49. The van der Waals surface area contributed by atoms with E-state index in [1.54, 1.807) is 11.3 Å². The van der Waals surface area contributed by atoms with E-state index in [4.69, 9.17) is 0 Å². The molecule has 15 heavy (non-hydrogen) atoms. The highest BCUT2D eigenvalue weighted by atomic mass is 32.1. The molecule has 0 atom stereocenters. The molecule has 86 valence electrons. The Morgan fingerprint density at radius 1 is 1.53 bits per heavy atom. The second-order valence-corrected chi connectivity index (χ2v) is 4.84. The Kier molecular flexibility index (Phi) is 5.83. The molecule has 1 rings (SSSR count). The van der Waals surface area contributed by atoms with Gasteiger partial charge >= 0.3 is 0 Å². The van der Waals surface area contributed by atoms with E-state index in [9.17, 15) is 0 Å². The van der Waals surface area contributed by atoms with Crippen LogP contribution in [0.4, 0.5) is 0 Å². The smallest absolute Gasteiger partial charge is 0.0794 e. The van der Waals surface area contributed by atoms with Gasteiger partial charge in [-0.1, -0.05) is 6.92 Å². The monoisotopic (exact) mass is 227 g/mol. The second kappa shape index (κ2) is 6.93. The number of rotatable bonds is 7. The average Bonchev–Trinajstić information content (AvgIpc) is 2.70. The van der Waals surface area contributed by atoms with Gasteiger partial charge < -0.3 is 5.32 Å². The maximum Gasteiger partial charge on any atom is 0.0794 e. The number of hydrogen-bond acceptors (Lipinski definition) is 4. The summed E-state index contributed by atoms with van der Waals surface area (Å²) >= 11 is 1.71. The van der Waals surface area contributed by atoms with Crippen LogP contribution in [0.1, 0.15) is 25.6 Å². The van der Waals surface area contributed by atoms with Gasteiger partial charge in [-0.05, 0) is 20.4 Å². The number of thiazole rings is 1. The first-order chi connectivity index (χ1) is 7.24. The summed E-state index contributed by atoms with van der Waals surface area (Å²) in [6.45, 7) is 10.9. The molecule has 1 N–H and O–H groups in total. The van der Waals surface area contributed by atoms with Gasteiger partial charge in [0.25, 0.3) is 0 Å². The number of hydrogen-bond donors (Lipinski definition) is 1. The van der Waals surface area contributed by atoms with Crippen molar-refractivity contribution in [3.8, 4) is 0 Å². The molecule has 0 saturated heterocycles. The first-order valence-electron chi connectivity index (χ1n) is 5.56. The number of nitrogens with one attached hydrogen (secondary N) is 1. The van der Waals surface area contributed by atoms with Crippen LogP contribution in [-0.4, -0.2) is 35.6 Å². The fourth-order valence-corrected chi connectivity index (χ4v) is 2.11. The second-order valence-electron chi connectivity index (χ2n) is 3.87. The van der Waals surface area contributed by atoms with Crippen molar-refractivity contribution < 1.29 is 0 Å². The fourth-order valence-electron chi connectivity index (χ4n) is 1.55. The maximum atomic E-state index is 4.05. The minimum Gasteiger partial charge on any atom is -0.311 e. The van der Waals surface area contributed by atoms with E-state index in [0.717, 1.165) is 26.2 Å². The van der Waals surface area contributed by atoms with Gasteiger partial charge in [0.1, 0.15) is 0 Å². The van der Waals surface area contributed by atoms with Gasteiger partial charge in [-0.25, -0.2) is 0 Å². The topological polar surface area (TPSA) is 28.2 Å². The molecular weight excluding hydrogens is 206 g/mol. The fraction of sp³-hybridized carbons (Fsp3) is 0.727. The van der Waals surface area contributed by atoms with Crippen LogP contribution in [0.25, 0.3) is 0 Å². The standard InChI is InChI=1S/C11H21N3S/c1-4-14(10(2)3)6-5-12-7-11-8-13-9-15-11/h8-10,12H,4-7H2,1-3H3. The Balaban J connectivity index is 2.10. The van der Waals surface area contributed by atoms with Crippen LogP contribution in [-0.2, 0) is 6.54 Å². The van der Waals surface area contributed by atoms with Crippen molar-refractivity contribution in [3.05, 3.63) is 16.6 Å². The van der Waals surface area contributed by atoms with Gasteiger partial charge in [-0.3, -0.25) is 9.88 Å². The van der Waals surface area contributed by atoms with Crippen LogP contribution in [0.5, 0.6) is 0 Å². The molecule has 0 bridgehead atoms. The molecule has 0 aromatic carbocycles. The zero-order valence-electron chi connectivity index (χ0n) is 9.86. The third kappa shape index (κ3) is 4.73. The molecular formula is C11H21N3S. The highest BCUT2D eigenvalue weighted by Crippen LogP contribution is 2.03. The van der Waals surface area contributed by atoms with Crippen LogP contribution in [0.3, 0.4) is 0 Å². The van der Waals surface area contributed by atoms with Crippen LogP contribution < -0.4 is 5.32 Å². The normalized spacial score (nSPS) is 11.5. The van der Waals surface area contributed by atoms with E-state index in [0.29, 0.717) is 6.04 Å². The molecule has 0 aliphatic carbocycles. The molecule has 0 saturated carbocycles. The average molecular weight is 227 g/mol. The number of aromatic nitrogens is 1. The van der Waals surface area contributed by atoms with Crippen molar-refractivity contribution in [2.24, 2.45) is 0 Å². The summed E-state index contributed by atoms with van der Waals surface area (Å²) in [5.41, 5.74) is 1.88. The predicted molar refractivity (Wildman–Crippen MR) is 66.2 cm³/mol. The molecule has 0 fully saturated rings. The Bertz CT molecular complexity index is 246. The lowest BCUT2D eigenvalue weighted by atomic mass is 10.3. The van der Waals surface area contributed by atoms with E-state index < -0.39 is 0 Å². The number of likely N-dealkylation sites (N-methyl/N-ethyl adjacent to an activating group) is 1. The molecule has 4 heteroatoms. The summed E-state index contributed by atoms with van der Waals surface area (Å²) < 4.78 is 0. The lowest BCUT2D eigenvalue weighted by Crippen LogP contribution is -2.36.